The molecule has 1 amide bonds. The monoisotopic (exact) mass is 376 g/mol. The average molecular weight is 376 g/mol. The van der Waals surface area contributed by atoms with Gasteiger partial charge < -0.3 is 14.2 Å². The minimum Gasteiger partial charge on any atom is -0.464 e. The Morgan fingerprint density at radius 1 is 1.00 bits per heavy atom. The number of hydrogen-bond acceptors (Lipinski definition) is 4. The van der Waals surface area contributed by atoms with Crippen LogP contribution in [-0.2, 0) is 0 Å². The Hall–Kier alpha value is -2.79. The predicted molar refractivity (Wildman–Crippen MR) is 107 cm³/mol. The molecule has 1 aromatic carbocycles. The van der Waals surface area contributed by atoms with E-state index in [1.54, 1.807) is 12.3 Å². The van der Waals surface area contributed by atoms with E-state index in [4.69, 9.17) is 8.83 Å². The maximum atomic E-state index is 12.8. The summed E-state index contributed by atoms with van der Waals surface area (Å²) < 4.78 is 11.3. The summed E-state index contributed by atoms with van der Waals surface area (Å²) in [6.45, 7) is 4.51. The number of carbonyl (C=O) groups is 1. The molecule has 144 valence electrons. The van der Waals surface area contributed by atoms with Gasteiger partial charge in [-0.15, -0.1) is 0 Å². The minimum atomic E-state index is -0.121. The molecule has 0 unspecified atom stereocenters. The summed E-state index contributed by atoms with van der Waals surface area (Å²) in [6, 6.07) is 16.0. The van der Waals surface area contributed by atoms with Crippen molar-refractivity contribution in [1.29, 1.82) is 0 Å². The number of nitrogens with one attached hydrogen (secondary N) is 1. The van der Waals surface area contributed by atoms with Gasteiger partial charge in [0.2, 0.25) is 0 Å². The Kier molecular flexibility index (Phi) is 4.32. The van der Waals surface area contributed by atoms with Crippen molar-refractivity contribution in [2.24, 2.45) is 5.92 Å². The molecule has 2 bridgehead atoms. The number of fused-ring (bicyclic) bond motifs is 3. The van der Waals surface area contributed by atoms with Gasteiger partial charge in [0.25, 0.3) is 5.91 Å². The van der Waals surface area contributed by atoms with Crippen molar-refractivity contribution in [2.45, 2.75) is 31.8 Å². The summed E-state index contributed by atoms with van der Waals surface area (Å²) >= 11 is 0. The molecule has 1 N–H and O–H groups in total. The molecule has 6 rings (SSSR count). The minimum absolute atomic E-state index is 0.121. The van der Waals surface area contributed by atoms with Gasteiger partial charge in [-0.25, -0.2) is 0 Å². The Bertz CT molecular complexity index is 948. The van der Waals surface area contributed by atoms with Gasteiger partial charge in [0.15, 0.2) is 5.76 Å². The van der Waals surface area contributed by atoms with Gasteiger partial charge >= 0.3 is 0 Å². The molecule has 2 aromatic heterocycles. The summed E-state index contributed by atoms with van der Waals surface area (Å²) in [6.07, 6.45) is 4.00. The molecule has 2 atom stereocenters. The standard InChI is InChI=1S/C23H24N2O3/c1-15-22(18-10-12-25(15)13-11-18)24-23(26)21-9-8-20(28-21)17-6-4-16(5-7-17)19-3-2-14-27-19/h2-9,14-15,18,22H,10-13H2,1H3,(H,24,26)/t15-,22+/m1/s1. The molecule has 3 saturated heterocycles. The van der Waals surface area contributed by atoms with Crippen molar-refractivity contribution in [3.63, 3.8) is 0 Å². The van der Waals surface area contributed by atoms with Crippen LogP contribution in [0.3, 0.4) is 0 Å². The van der Waals surface area contributed by atoms with Crippen LogP contribution in [0.25, 0.3) is 22.6 Å². The fraction of sp³-hybridized carbons (Fsp3) is 0.348. The highest BCUT2D eigenvalue weighted by atomic mass is 16.4. The van der Waals surface area contributed by atoms with E-state index in [2.05, 4.69) is 17.1 Å². The van der Waals surface area contributed by atoms with Gasteiger partial charge in [0.05, 0.1) is 6.26 Å². The third-order valence-electron chi connectivity index (χ3n) is 6.28. The summed E-state index contributed by atoms with van der Waals surface area (Å²) in [5.74, 6) is 2.35. The average Bonchev–Trinajstić information content (AvgIpc) is 3.43. The highest BCUT2D eigenvalue weighted by Gasteiger charge is 2.40. The predicted octanol–water partition coefficient (Wildman–Crippen LogP) is 4.42. The third kappa shape index (κ3) is 3.06. The molecule has 3 fully saturated rings. The topological polar surface area (TPSA) is 58.6 Å². The number of benzene rings is 1. The molecule has 3 aliphatic heterocycles. The molecule has 5 nitrogen and oxygen atoms in total. The second-order valence-corrected chi connectivity index (χ2v) is 7.83. The quantitative estimate of drug-likeness (QED) is 0.732. The molecule has 3 aliphatic rings. The van der Waals surface area contributed by atoms with Crippen molar-refractivity contribution in [3.05, 3.63) is 60.6 Å². The van der Waals surface area contributed by atoms with E-state index in [0.717, 1.165) is 30.0 Å². The maximum absolute atomic E-state index is 12.8. The molecule has 0 spiro atoms. The van der Waals surface area contributed by atoms with Gasteiger partial charge in [-0.1, -0.05) is 24.3 Å². The number of nitrogens with zero attached hydrogens (tertiary/aromatic N) is 1. The summed E-state index contributed by atoms with van der Waals surface area (Å²) in [7, 11) is 0. The lowest BCUT2D eigenvalue weighted by Crippen LogP contribution is -2.62. The fourth-order valence-electron chi connectivity index (χ4n) is 4.62. The van der Waals surface area contributed by atoms with Crippen LogP contribution in [0.2, 0.25) is 0 Å². The maximum Gasteiger partial charge on any atom is 0.287 e. The highest BCUT2D eigenvalue weighted by Crippen LogP contribution is 2.32. The SMILES string of the molecule is C[C@@H]1[C@H](NC(=O)c2ccc(-c3ccc(-c4ccco4)cc3)o2)C2CCN1CC2. The molecular weight excluding hydrogens is 352 g/mol. The Labute approximate surface area is 164 Å². The smallest absolute Gasteiger partial charge is 0.287 e. The van der Waals surface area contributed by atoms with E-state index < -0.39 is 0 Å². The molecule has 28 heavy (non-hydrogen) atoms. The van der Waals surface area contributed by atoms with Gasteiger partial charge in [0, 0.05) is 23.2 Å². The number of piperidine rings is 3. The first-order valence-electron chi connectivity index (χ1n) is 9.98. The van der Waals surface area contributed by atoms with Crippen molar-refractivity contribution in [3.8, 4) is 22.6 Å². The second kappa shape index (κ2) is 6.99. The first kappa shape index (κ1) is 17.3. The van der Waals surface area contributed by atoms with Crippen molar-refractivity contribution >= 4 is 5.91 Å². The van der Waals surface area contributed by atoms with E-state index in [1.807, 2.05) is 42.5 Å². The van der Waals surface area contributed by atoms with Crippen LogP contribution in [0.5, 0.6) is 0 Å². The van der Waals surface area contributed by atoms with Crippen LogP contribution < -0.4 is 5.32 Å². The molecule has 5 heteroatoms. The van der Waals surface area contributed by atoms with Gasteiger partial charge in [-0.05, 0) is 63.0 Å². The lowest BCUT2D eigenvalue weighted by molar-refractivity contribution is 0.0211. The van der Waals surface area contributed by atoms with E-state index in [1.165, 1.54) is 12.8 Å². The van der Waals surface area contributed by atoms with Crippen LogP contribution in [0.1, 0.15) is 30.3 Å². The number of carbonyl (C=O) groups excluding carboxylic acids is 1. The largest absolute Gasteiger partial charge is 0.464 e. The number of amides is 1. The van der Waals surface area contributed by atoms with E-state index in [9.17, 15) is 4.79 Å². The Balaban J connectivity index is 1.30. The van der Waals surface area contributed by atoms with E-state index in [-0.39, 0.29) is 11.9 Å². The molecule has 0 radical (unpaired) electrons. The zero-order chi connectivity index (χ0) is 19.1. The Morgan fingerprint density at radius 2 is 1.71 bits per heavy atom. The van der Waals surface area contributed by atoms with Crippen LogP contribution in [-0.4, -0.2) is 36.0 Å². The van der Waals surface area contributed by atoms with Crippen molar-refractivity contribution < 1.29 is 13.6 Å². The van der Waals surface area contributed by atoms with E-state index >= 15 is 0 Å². The molecule has 0 saturated carbocycles. The van der Waals surface area contributed by atoms with Crippen LogP contribution in [0.15, 0.2) is 63.6 Å². The molecule has 0 aliphatic carbocycles. The molecular formula is C23H24N2O3. The van der Waals surface area contributed by atoms with Crippen LogP contribution in [0, 0.1) is 5.92 Å². The zero-order valence-electron chi connectivity index (χ0n) is 15.9. The highest BCUT2D eigenvalue weighted by molar-refractivity contribution is 5.92. The molecule has 3 aromatic rings. The number of rotatable bonds is 4. The van der Waals surface area contributed by atoms with Crippen molar-refractivity contribution in [2.75, 3.05) is 13.1 Å². The van der Waals surface area contributed by atoms with Crippen LogP contribution in [0.4, 0.5) is 0 Å². The van der Waals surface area contributed by atoms with Gasteiger partial charge in [-0.2, -0.15) is 0 Å². The third-order valence-corrected chi connectivity index (χ3v) is 6.28. The van der Waals surface area contributed by atoms with Crippen molar-refractivity contribution in [1.82, 2.24) is 10.2 Å². The van der Waals surface area contributed by atoms with E-state index in [0.29, 0.717) is 23.5 Å². The zero-order valence-corrected chi connectivity index (χ0v) is 15.9. The first-order chi connectivity index (χ1) is 13.7. The first-order valence-corrected chi connectivity index (χ1v) is 9.98. The fourth-order valence-corrected chi connectivity index (χ4v) is 4.62. The lowest BCUT2D eigenvalue weighted by Gasteiger charge is -2.49. The number of hydrogen-bond donors (Lipinski definition) is 1. The summed E-state index contributed by atoms with van der Waals surface area (Å²) in [5, 5.41) is 3.22. The van der Waals surface area contributed by atoms with Gasteiger partial charge in [0.1, 0.15) is 11.5 Å². The summed E-state index contributed by atoms with van der Waals surface area (Å²) in [5.41, 5.74) is 1.94. The van der Waals surface area contributed by atoms with Crippen LogP contribution >= 0.6 is 0 Å². The van der Waals surface area contributed by atoms with Gasteiger partial charge in [-0.3, -0.25) is 9.69 Å². The number of furan rings is 2. The summed E-state index contributed by atoms with van der Waals surface area (Å²) in [4.78, 5) is 15.2. The Morgan fingerprint density at radius 3 is 2.36 bits per heavy atom. The second-order valence-electron chi connectivity index (χ2n) is 7.83. The molecule has 5 heterocycles. The normalized spacial score (nSPS) is 26.3. The lowest BCUT2D eigenvalue weighted by atomic mass is 9.79.